The lowest BCUT2D eigenvalue weighted by Gasteiger charge is -2.47. The molecule has 438 valence electrons. The van der Waals surface area contributed by atoms with E-state index in [9.17, 15) is 64.5 Å². The van der Waals surface area contributed by atoms with Crippen molar-refractivity contribution in [2.75, 3.05) is 44.9 Å². The number of anilines is 1. The maximum Gasteiger partial charge on any atom is 0.407 e. The van der Waals surface area contributed by atoms with Crippen LogP contribution in [0.2, 0.25) is 0 Å². The molecule has 27 heteroatoms. The van der Waals surface area contributed by atoms with Crippen molar-refractivity contribution in [3.63, 3.8) is 0 Å². The first-order valence-electron chi connectivity index (χ1n) is 25.4. The fourth-order valence-corrected chi connectivity index (χ4v) is 9.75. The Bertz CT molecular complexity index is 2920. The van der Waals surface area contributed by atoms with Gasteiger partial charge in [0, 0.05) is 72.9 Å². The lowest BCUT2D eigenvalue weighted by Crippen LogP contribution is -2.63. The molecule has 2 bridgehead atoms. The third kappa shape index (κ3) is 14.4. The molecule has 2 unspecified atom stereocenters. The molecule has 0 radical (unpaired) electrons. The van der Waals surface area contributed by atoms with Crippen molar-refractivity contribution in [1.29, 1.82) is 0 Å². The number of aliphatic hydroxyl groups excluding tert-OH is 1. The SMILES string of the molecule is COC(=O)N[C@H](C(=O)N[C@@H](Cc1ccc(C#Cc2ccc(N3CC4CCC(C3)N4C3COC3)nc2)cc1)[C@@H](O)CN(Cc1c(F)cc(-c2ccc(C(F)F)nc2)cc1F)NC(=O)[C@@H](NC(=O)O)C(C)(C)C(F)(F)F)C(C)(C)C(F)(F)F. The molecular formula is C54H59F10N9O8. The molecule has 7 rings (SSSR count). The lowest BCUT2D eigenvalue weighted by atomic mass is 9.82. The van der Waals surface area contributed by atoms with E-state index in [2.05, 4.69) is 41.7 Å². The second kappa shape index (κ2) is 24.8. The summed E-state index contributed by atoms with van der Waals surface area (Å²) in [4.78, 5) is 65.2. The molecule has 81 heavy (non-hydrogen) atoms. The number of hydrogen-bond acceptors (Lipinski definition) is 12. The van der Waals surface area contributed by atoms with Crippen molar-refractivity contribution in [2.24, 2.45) is 10.8 Å². The Morgan fingerprint density at radius 1 is 0.765 bits per heavy atom. The zero-order valence-electron chi connectivity index (χ0n) is 44.3. The number of nitrogens with zero attached hydrogens (tertiary/aromatic N) is 5. The quantitative estimate of drug-likeness (QED) is 0.0311. The van der Waals surface area contributed by atoms with Crippen molar-refractivity contribution < 1.29 is 82.8 Å². The summed E-state index contributed by atoms with van der Waals surface area (Å²) < 4.78 is 155. The van der Waals surface area contributed by atoms with Crippen LogP contribution >= 0.6 is 0 Å². The number of benzene rings is 2. The first-order valence-corrected chi connectivity index (χ1v) is 25.4. The van der Waals surface area contributed by atoms with Crippen molar-refractivity contribution in [3.8, 4) is 23.0 Å². The zero-order chi connectivity index (χ0) is 59.4. The molecule has 4 amide bonds. The van der Waals surface area contributed by atoms with Crippen LogP contribution in [0.25, 0.3) is 11.1 Å². The summed E-state index contributed by atoms with van der Waals surface area (Å²) in [5.74, 6) is 0.741. The predicted octanol–water partition coefficient (Wildman–Crippen LogP) is 7.27. The number of amides is 4. The smallest absolute Gasteiger partial charge is 0.407 e. The topological polar surface area (TPSA) is 211 Å². The van der Waals surface area contributed by atoms with E-state index in [1.807, 2.05) is 22.9 Å². The summed E-state index contributed by atoms with van der Waals surface area (Å²) in [6.45, 7) is 2.99. The fraction of sp³-hybridized carbons (Fsp3) is 0.481. The highest BCUT2D eigenvalue weighted by Crippen LogP contribution is 2.42. The van der Waals surface area contributed by atoms with Gasteiger partial charge in [-0.15, -0.1) is 0 Å². The number of fused-ring (bicyclic) bond motifs is 2. The summed E-state index contributed by atoms with van der Waals surface area (Å²) in [5.41, 5.74) is -4.82. The first kappa shape index (κ1) is 61.3. The molecule has 0 aliphatic carbocycles. The van der Waals surface area contributed by atoms with E-state index in [0.717, 1.165) is 82.5 Å². The lowest BCUT2D eigenvalue weighted by molar-refractivity contribution is -0.221. The largest absolute Gasteiger partial charge is 0.465 e. The number of ether oxygens (including phenoxy) is 2. The summed E-state index contributed by atoms with van der Waals surface area (Å²) in [7, 11) is 0.815. The molecule has 3 saturated heterocycles. The Kier molecular flexibility index (Phi) is 18.8. The summed E-state index contributed by atoms with van der Waals surface area (Å²) in [6, 6.07) is 7.53. The van der Waals surface area contributed by atoms with E-state index in [-0.39, 0.29) is 16.7 Å². The molecule has 2 aromatic carbocycles. The molecule has 2 aromatic heterocycles. The highest BCUT2D eigenvalue weighted by molar-refractivity contribution is 5.87. The Morgan fingerprint density at radius 3 is 1.84 bits per heavy atom. The number of carbonyl (C=O) groups is 4. The molecule has 3 fully saturated rings. The number of rotatable bonds is 19. The minimum absolute atomic E-state index is 0.0392. The number of piperazine rings is 1. The maximum absolute atomic E-state index is 16.1. The van der Waals surface area contributed by atoms with Crippen LogP contribution in [0.4, 0.5) is 59.3 Å². The molecule has 6 N–H and O–H groups in total. The van der Waals surface area contributed by atoms with Gasteiger partial charge in [0.25, 0.3) is 12.3 Å². The van der Waals surface area contributed by atoms with E-state index in [0.29, 0.717) is 62.0 Å². The average Bonchev–Trinajstić information content (AvgIpc) is 3.68. The summed E-state index contributed by atoms with van der Waals surface area (Å²) in [6.07, 6.45) is -14.9. The van der Waals surface area contributed by atoms with E-state index in [4.69, 9.17) is 4.74 Å². The minimum atomic E-state index is -5.28. The van der Waals surface area contributed by atoms with Crippen LogP contribution in [0.1, 0.15) is 74.9 Å². The van der Waals surface area contributed by atoms with Crippen molar-refractivity contribution in [2.45, 2.75) is 115 Å². The third-order valence-electron chi connectivity index (χ3n) is 14.9. The average molecular weight is 1150 g/mol. The summed E-state index contributed by atoms with van der Waals surface area (Å²) in [5, 5.41) is 27.6. The number of methoxy groups -OCH3 is 1. The number of carboxylic acid groups (broad SMARTS) is 1. The van der Waals surface area contributed by atoms with E-state index in [1.165, 1.54) is 29.6 Å². The van der Waals surface area contributed by atoms with Gasteiger partial charge in [-0.2, -0.15) is 26.3 Å². The number of alkyl halides is 8. The Hall–Kier alpha value is -7.28. The predicted molar refractivity (Wildman–Crippen MR) is 271 cm³/mol. The van der Waals surface area contributed by atoms with Gasteiger partial charge in [-0.25, -0.2) is 37.1 Å². The monoisotopic (exact) mass is 1150 g/mol. The van der Waals surface area contributed by atoms with Crippen LogP contribution in [-0.2, 0) is 32.0 Å². The van der Waals surface area contributed by atoms with E-state index >= 15 is 8.78 Å². The van der Waals surface area contributed by atoms with Gasteiger partial charge in [0.2, 0.25) is 5.91 Å². The number of nitrogens with one attached hydrogen (secondary N) is 4. The second-order valence-corrected chi connectivity index (χ2v) is 21.1. The fourth-order valence-electron chi connectivity index (χ4n) is 9.75. The van der Waals surface area contributed by atoms with Gasteiger partial charge in [-0.3, -0.25) is 24.9 Å². The molecule has 17 nitrogen and oxygen atoms in total. The molecule has 6 atom stereocenters. The third-order valence-corrected chi connectivity index (χ3v) is 14.9. The standard InChI is InChI=1S/C54H59F10N9O8/c1-51(2,53(59,60)61)44(69-50(79)80-5)47(75)67-41(18-30-9-6-29(7-10-30)8-11-31-12-17-43(66-21-31)71-23-34-14-15-35(24-71)73(34)36-27-81-28-36)42(74)26-72(70-48(76)45(68-49(77)78)52(3,4)54(62,63)64)25-37-38(55)19-33(20-39(37)56)32-13-16-40(46(57)58)65-22-32/h6-7,9-10,12-13,16-17,19-22,34-36,41-42,44-46,68,74H,14-15,18,23-28H2,1-5H3,(H,67,75)(H,69,79)(H,70,76)(H,77,78)/t34?,35?,41-,42-,44+,45+/m0/s1. The number of aromatic nitrogens is 2. The van der Waals surface area contributed by atoms with Gasteiger partial charge in [-0.1, -0.05) is 30.0 Å². The van der Waals surface area contributed by atoms with Crippen LogP contribution in [0.3, 0.4) is 0 Å². The van der Waals surface area contributed by atoms with Gasteiger partial charge < -0.3 is 40.5 Å². The molecule has 0 saturated carbocycles. The van der Waals surface area contributed by atoms with Gasteiger partial charge in [0.1, 0.15) is 35.2 Å². The van der Waals surface area contributed by atoms with Crippen LogP contribution in [0, 0.1) is 34.3 Å². The van der Waals surface area contributed by atoms with Crippen molar-refractivity contribution >= 4 is 29.8 Å². The number of pyridine rings is 2. The van der Waals surface area contributed by atoms with Crippen molar-refractivity contribution in [3.05, 3.63) is 113 Å². The zero-order valence-corrected chi connectivity index (χ0v) is 44.3. The molecule has 3 aliphatic rings. The highest BCUT2D eigenvalue weighted by Gasteiger charge is 2.57. The highest BCUT2D eigenvalue weighted by atomic mass is 19.4. The minimum Gasteiger partial charge on any atom is -0.465 e. The Balaban J connectivity index is 1.18. The number of alkyl carbamates (subject to hydrolysis) is 1. The van der Waals surface area contributed by atoms with E-state index < -0.39 is 120 Å². The van der Waals surface area contributed by atoms with Crippen LogP contribution in [0.15, 0.2) is 73.1 Å². The number of hydrogen-bond donors (Lipinski definition) is 6. The van der Waals surface area contributed by atoms with E-state index in [1.54, 1.807) is 6.20 Å². The molecule has 4 aromatic rings. The van der Waals surface area contributed by atoms with Crippen molar-refractivity contribution in [1.82, 2.24) is 41.3 Å². The Labute approximate surface area is 458 Å². The number of aliphatic hydroxyl groups is 1. The molecule has 3 aliphatic heterocycles. The van der Waals surface area contributed by atoms with Crippen LogP contribution in [0.5, 0.6) is 0 Å². The van der Waals surface area contributed by atoms with Crippen LogP contribution < -0.4 is 26.3 Å². The maximum atomic E-state index is 16.1. The molecule has 0 spiro atoms. The van der Waals surface area contributed by atoms with Gasteiger partial charge in [-0.05, 0) is 101 Å². The number of carbonyl (C=O) groups excluding carboxylic acids is 3. The van der Waals surface area contributed by atoms with Gasteiger partial charge in [0.05, 0.1) is 49.3 Å². The normalized spacial score (nSPS) is 18.5. The van der Waals surface area contributed by atoms with Crippen LogP contribution in [-0.4, -0.2) is 149 Å². The molecular weight excluding hydrogens is 1090 g/mol. The second-order valence-electron chi connectivity index (χ2n) is 21.1. The van der Waals surface area contributed by atoms with Gasteiger partial charge >= 0.3 is 24.5 Å². The first-order chi connectivity index (χ1) is 38.0. The van der Waals surface area contributed by atoms with Gasteiger partial charge in [0.15, 0.2) is 0 Å². The summed E-state index contributed by atoms with van der Waals surface area (Å²) >= 11 is 0. The number of halogens is 10. The Morgan fingerprint density at radius 2 is 1.35 bits per heavy atom. The molecule has 5 heterocycles. The number of hydrazine groups is 1.